The van der Waals surface area contributed by atoms with Crippen LogP contribution in [0, 0.1) is 5.92 Å². The number of rotatable bonds is 2. The second-order valence-electron chi connectivity index (χ2n) is 6.29. The van der Waals surface area contributed by atoms with Crippen LogP contribution in [0.4, 0.5) is 5.69 Å². The maximum Gasteiger partial charge on any atom is 0.243 e. The minimum atomic E-state index is -0.0946. The van der Waals surface area contributed by atoms with Gasteiger partial charge in [0.2, 0.25) is 5.91 Å². The van der Waals surface area contributed by atoms with E-state index >= 15 is 0 Å². The highest BCUT2D eigenvalue weighted by Gasteiger charge is 2.29. The Labute approximate surface area is 121 Å². The lowest BCUT2D eigenvalue weighted by Gasteiger charge is -2.24. The molecule has 3 atom stereocenters. The summed E-state index contributed by atoms with van der Waals surface area (Å²) in [6.45, 7) is 2.27. The molecule has 3 nitrogen and oxygen atoms in total. The minimum Gasteiger partial charge on any atom is -0.373 e. The summed E-state index contributed by atoms with van der Waals surface area (Å²) in [6, 6.07) is 8.47. The molecule has 1 aliphatic heterocycles. The SMILES string of the molecule is CC1CCCCCC1NC(=O)C1Cc2ccccc2N1. The number of carbonyl (C=O) groups excluding carboxylic acids is 1. The molecule has 0 aromatic heterocycles. The van der Waals surface area contributed by atoms with Crippen LogP contribution >= 0.6 is 0 Å². The van der Waals surface area contributed by atoms with Crippen molar-refractivity contribution < 1.29 is 4.79 Å². The second kappa shape index (κ2) is 5.86. The predicted octanol–water partition coefficient (Wildman–Crippen LogP) is 3.11. The van der Waals surface area contributed by atoms with Crippen LogP contribution in [0.3, 0.4) is 0 Å². The highest BCUT2D eigenvalue weighted by atomic mass is 16.2. The van der Waals surface area contributed by atoms with Crippen molar-refractivity contribution in [2.45, 2.75) is 57.5 Å². The molecule has 3 heteroatoms. The maximum absolute atomic E-state index is 12.5. The van der Waals surface area contributed by atoms with Crippen LogP contribution in [0.5, 0.6) is 0 Å². The Morgan fingerprint density at radius 1 is 1.20 bits per heavy atom. The highest BCUT2D eigenvalue weighted by Crippen LogP contribution is 2.26. The Morgan fingerprint density at radius 3 is 2.85 bits per heavy atom. The van der Waals surface area contributed by atoms with E-state index in [9.17, 15) is 4.79 Å². The molecule has 108 valence electrons. The van der Waals surface area contributed by atoms with Crippen molar-refractivity contribution in [3.05, 3.63) is 29.8 Å². The van der Waals surface area contributed by atoms with Crippen LogP contribution in [-0.2, 0) is 11.2 Å². The second-order valence-corrected chi connectivity index (χ2v) is 6.29. The van der Waals surface area contributed by atoms with Crippen molar-refractivity contribution in [2.75, 3.05) is 5.32 Å². The topological polar surface area (TPSA) is 41.1 Å². The van der Waals surface area contributed by atoms with E-state index in [4.69, 9.17) is 0 Å². The third kappa shape index (κ3) is 2.82. The van der Waals surface area contributed by atoms with Crippen LogP contribution < -0.4 is 10.6 Å². The van der Waals surface area contributed by atoms with Gasteiger partial charge in [-0.1, -0.05) is 44.4 Å². The quantitative estimate of drug-likeness (QED) is 0.812. The summed E-state index contributed by atoms with van der Waals surface area (Å²) in [5.41, 5.74) is 2.36. The molecule has 0 spiro atoms. The molecule has 0 radical (unpaired) electrons. The largest absolute Gasteiger partial charge is 0.373 e. The molecular formula is C17H24N2O. The summed E-state index contributed by atoms with van der Waals surface area (Å²) >= 11 is 0. The Morgan fingerprint density at radius 2 is 2.00 bits per heavy atom. The predicted molar refractivity (Wildman–Crippen MR) is 81.7 cm³/mol. The summed E-state index contributed by atoms with van der Waals surface area (Å²) in [6.07, 6.45) is 7.04. The molecule has 1 amide bonds. The lowest BCUT2D eigenvalue weighted by atomic mass is 9.96. The van der Waals surface area contributed by atoms with Gasteiger partial charge in [-0.2, -0.15) is 0 Å². The van der Waals surface area contributed by atoms with Gasteiger partial charge in [-0.15, -0.1) is 0 Å². The number of carbonyl (C=O) groups is 1. The zero-order valence-corrected chi connectivity index (χ0v) is 12.2. The summed E-state index contributed by atoms with van der Waals surface area (Å²) in [4.78, 5) is 12.5. The zero-order chi connectivity index (χ0) is 13.9. The van der Waals surface area contributed by atoms with Crippen LogP contribution in [0.25, 0.3) is 0 Å². The van der Waals surface area contributed by atoms with Crippen molar-refractivity contribution in [1.29, 1.82) is 0 Å². The van der Waals surface area contributed by atoms with E-state index in [2.05, 4.69) is 29.7 Å². The normalized spacial score (nSPS) is 29.1. The van der Waals surface area contributed by atoms with Gasteiger partial charge >= 0.3 is 0 Å². The molecule has 1 aromatic carbocycles. The fourth-order valence-corrected chi connectivity index (χ4v) is 3.45. The molecule has 1 aliphatic carbocycles. The Kier molecular flexibility index (Phi) is 3.95. The van der Waals surface area contributed by atoms with E-state index < -0.39 is 0 Å². The molecule has 3 unspecified atom stereocenters. The third-order valence-electron chi connectivity index (χ3n) is 4.78. The number of anilines is 1. The minimum absolute atomic E-state index is 0.0946. The molecule has 1 heterocycles. The molecule has 2 N–H and O–H groups in total. The lowest BCUT2D eigenvalue weighted by Crippen LogP contribution is -2.46. The van der Waals surface area contributed by atoms with Crippen LogP contribution in [0.2, 0.25) is 0 Å². The number of amides is 1. The Bertz CT molecular complexity index is 461. The van der Waals surface area contributed by atoms with Crippen molar-refractivity contribution in [2.24, 2.45) is 5.92 Å². The van der Waals surface area contributed by atoms with Crippen molar-refractivity contribution in [1.82, 2.24) is 5.32 Å². The highest BCUT2D eigenvalue weighted by molar-refractivity contribution is 5.87. The van der Waals surface area contributed by atoms with E-state index in [1.165, 1.54) is 31.2 Å². The molecule has 0 saturated heterocycles. The van der Waals surface area contributed by atoms with E-state index in [-0.39, 0.29) is 11.9 Å². The summed E-state index contributed by atoms with van der Waals surface area (Å²) in [5.74, 6) is 0.769. The van der Waals surface area contributed by atoms with Gasteiger partial charge in [0.1, 0.15) is 6.04 Å². The van der Waals surface area contributed by atoms with Gasteiger partial charge in [0, 0.05) is 18.2 Å². The van der Waals surface area contributed by atoms with Gasteiger partial charge in [-0.25, -0.2) is 0 Å². The first-order valence-electron chi connectivity index (χ1n) is 7.89. The third-order valence-corrected chi connectivity index (χ3v) is 4.78. The fourth-order valence-electron chi connectivity index (χ4n) is 3.45. The standard InChI is InChI=1S/C17H24N2O/c1-12-7-3-2-4-9-14(12)19-17(20)16-11-13-8-5-6-10-15(13)18-16/h5-6,8,10,12,14,16,18H,2-4,7,9,11H2,1H3,(H,19,20). The van der Waals surface area contributed by atoms with E-state index in [0.29, 0.717) is 12.0 Å². The first-order valence-corrected chi connectivity index (χ1v) is 7.89. The molecule has 1 fully saturated rings. The van der Waals surface area contributed by atoms with E-state index in [0.717, 1.165) is 18.5 Å². The van der Waals surface area contributed by atoms with Crippen LogP contribution in [-0.4, -0.2) is 18.0 Å². The summed E-state index contributed by atoms with van der Waals surface area (Å²) in [5, 5.41) is 6.63. The molecular weight excluding hydrogens is 248 g/mol. The summed E-state index contributed by atoms with van der Waals surface area (Å²) in [7, 11) is 0. The molecule has 1 saturated carbocycles. The first-order chi connectivity index (χ1) is 9.74. The number of para-hydroxylation sites is 1. The van der Waals surface area contributed by atoms with Crippen molar-refractivity contribution in [3.8, 4) is 0 Å². The smallest absolute Gasteiger partial charge is 0.243 e. The number of fused-ring (bicyclic) bond motifs is 1. The number of nitrogens with one attached hydrogen (secondary N) is 2. The monoisotopic (exact) mass is 272 g/mol. The molecule has 0 bridgehead atoms. The Hall–Kier alpha value is -1.51. The van der Waals surface area contributed by atoms with Gasteiger partial charge in [0.25, 0.3) is 0 Å². The lowest BCUT2D eigenvalue weighted by molar-refractivity contribution is -0.122. The van der Waals surface area contributed by atoms with E-state index in [1.807, 2.05) is 12.1 Å². The van der Waals surface area contributed by atoms with Crippen LogP contribution in [0.1, 0.15) is 44.6 Å². The Balaban J connectivity index is 1.60. The van der Waals surface area contributed by atoms with Gasteiger partial charge < -0.3 is 10.6 Å². The number of hydrogen-bond acceptors (Lipinski definition) is 2. The van der Waals surface area contributed by atoms with Crippen LogP contribution in [0.15, 0.2) is 24.3 Å². The van der Waals surface area contributed by atoms with Crippen molar-refractivity contribution >= 4 is 11.6 Å². The average molecular weight is 272 g/mol. The molecule has 1 aromatic rings. The fraction of sp³-hybridized carbons (Fsp3) is 0.588. The maximum atomic E-state index is 12.5. The average Bonchev–Trinajstić information content (AvgIpc) is 2.79. The van der Waals surface area contributed by atoms with Crippen molar-refractivity contribution in [3.63, 3.8) is 0 Å². The molecule has 3 rings (SSSR count). The first kappa shape index (κ1) is 13.5. The van der Waals surface area contributed by atoms with E-state index in [1.54, 1.807) is 0 Å². The zero-order valence-electron chi connectivity index (χ0n) is 12.2. The van der Waals surface area contributed by atoms with Gasteiger partial charge in [0.05, 0.1) is 0 Å². The number of benzene rings is 1. The summed E-state index contributed by atoms with van der Waals surface area (Å²) < 4.78 is 0. The van der Waals surface area contributed by atoms with Gasteiger partial charge in [0.15, 0.2) is 0 Å². The number of hydrogen-bond donors (Lipinski definition) is 2. The molecule has 20 heavy (non-hydrogen) atoms. The molecule has 2 aliphatic rings. The van der Waals surface area contributed by atoms with Gasteiger partial charge in [-0.05, 0) is 30.4 Å². The van der Waals surface area contributed by atoms with Gasteiger partial charge in [-0.3, -0.25) is 4.79 Å².